The number of nitrogens with zero attached hydrogens (tertiary/aromatic N) is 3. The first kappa shape index (κ1) is 18.9. The van der Waals surface area contributed by atoms with Crippen LogP contribution in [0.3, 0.4) is 0 Å². The molecule has 5 N–H and O–H groups in total. The molecule has 0 bridgehead atoms. The van der Waals surface area contributed by atoms with Gasteiger partial charge in [0.1, 0.15) is 16.5 Å². The van der Waals surface area contributed by atoms with Crippen LogP contribution in [-0.2, 0) is 5.75 Å². The first-order chi connectivity index (χ1) is 13.0. The van der Waals surface area contributed by atoms with Crippen LogP contribution in [0.4, 0.5) is 11.6 Å². The summed E-state index contributed by atoms with van der Waals surface area (Å²) >= 11 is 2.97. The Morgan fingerprint density at radius 2 is 2.15 bits per heavy atom. The number of aromatic amines is 1. The van der Waals surface area contributed by atoms with Crippen LogP contribution in [0.5, 0.6) is 5.75 Å². The van der Waals surface area contributed by atoms with Gasteiger partial charge in [-0.3, -0.25) is 10.1 Å². The highest BCUT2D eigenvalue weighted by atomic mass is 32.2. The van der Waals surface area contributed by atoms with Gasteiger partial charge in [0.25, 0.3) is 11.5 Å². The predicted octanol–water partition coefficient (Wildman–Crippen LogP) is 0.370. The molecule has 0 amide bonds. The van der Waals surface area contributed by atoms with Gasteiger partial charge in [-0.25, -0.2) is 9.98 Å². The normalized spacial score (nSPS) is 11.4. The number of ether oxygens (including phenoxy) is 1. The Hall–Kier alpha value is -2.92. The maximum Gasteiger partial charge on any atom is 0.325 e. The molecule has 0 fully saturated rings. The zero-order chi connectivity index (χ0) is 19.2. The first-order valence-corrected chi connectivity index (χ1v) is 9.66. The van der Waals surface area contributed by atoms with Gasteiger partial charge in [0.2, 0.25) is 0 Å². The molecule has 0 aliphatic heterocycles. The van der Waals surface area contributed by atoms with E-state index in [4.69, 9.17) is 10.5 Å². The minimum atomic E-state index is -0.270. The number of benzene rings is 1. The Bertz CT molecular complexity index is 999. The van der Waals surface area contributed by atoms with Crippen molar-refractivity contribution in [2.45, 2.75) is 17.0 Å². The molecule has 1 aromatic carbocycles. The fourth-order valence-electron chi connectivity index (χ4n) is 2.10. The summed E-state index contributed by atoms with van der Waals surface area (Å²) in [5, 5.41) is 11.9. The van der Waals surface area contributed by atoms with Crippen LogP contribution in [-0.4, -0.2) is 33.2 Å². The van der Waals surface area contributed by atoms with E-state index in [1.165, 1.54) is 29.2 Å². The number of guanidine groups is 1. The molecule has 0 atom stereocenters. The second kappa shape index (κ2) is 8.64. The minimum Gasteiger partial charge on any atom is -0.497 e. The fourth-order valence-corrected chi connectivity index (χ4v) is 3.81. The largest absolute Gasteiger partial charge is 0.497 e. The fraction of sp³-hybridized carbons (Fsp3) is 0.188. The maximum absolute atomic E-state index is 11.9. The quantitative estimate of drug-likeness (QED) is 0.263. The van der Waals surface area contributed by atoms with Crippen molar-refractivity contribution in [1.82, 2.24) is 20.2 Å². The number of nitrogens with two attached hydrogens (primary N) is 1. The summed E-state index contributed by atoms with van der Waals surface area (Å²) in [6.45, 7) is 1.89. The topological polar surface area (TPSA) is 133 Å². The van der Waals surface area contributed by atoms with E-state index in [0.29, 0.717) is 11.4 Å². The molecule has 9 nitrogen and oxygen atoms in total. The molecule has 0 saturated carbocycles. The molecule has 2 aromatic heterocycles. The van der Waals surface area contributed by atoms with Crippen molar-refractivity contribution in [3.63, 3.8) is 0 Å². The van der Waals surface area contributed by atoms with Crippen LogP contribution in [0, 0.1) is 6.92 Å². The molecule has 0 radical (unpaired) electrons. The van der Waals surface area contributed by atoms with Gasteiger partial charge < -0.3 is 10.5 Å². The van der Waals surface area contributed by atoms with E-state index in [1.54, 1.807) is 7.11 Å². The van der Waals surface area contributed by atoms with E-state index in [-0.39, 0.29) is 17.5 Å². The molecule has 0 aliphatic carbocycles. The highest BCUT2D eigenvalue weighted by Crippen LogP contribution is 2.24. The number of aromatic nitrogens is 4. The summed E-state index contributed by atoms with van der Waals surface area (Å²) in [6.07, 6.45) is 0. The standard InChI is InChI=1S/C16H17N7O2S2/c1-9-22-23-16(27-9)26-8-11-7-13(24)20-15(19-11)21-14(17)18-10-3-5-12(25-2)6-4-10/h3-7H,8H2,1-2H3,(H4,17,18,19,20,21,24)/p+1. The van der Waals surface area contributed by atoms with E-state index < -0.39 is 0 Å². The number of H-pyrrole nitrogens is 1. The summed E-state index contributed by atoms with van der Waals surface area (Å²) in [4.78, 5) is 21.7. The highest BCUT2D eigenvalue weighted by molar-refractivity contribution is 8.00. The maximum atomic E-state index is 11.9. The van der Waals surface area contributed by atoms with Crippen LogP contribution in [0.25, 0.3) is 0 Å². The Morgan fingerprint density at radius 3 is 2.81 bits per heavy atom. The molecule has 27 heavy (non-hydrogen) atoms. The second-order valence-corrected chi connectivity index (χ2v) is 7.76. The number of thioether (sulfide) groups is 1. The Kier molecular flexibility index (Phi) is 6.04. The summed E-state index contributed by atoms with van der Waals surface area (Å²) in [7, 11) is 1.60. The van der Waals surface area contributed by atoms with E-state index in [2.05, 4.69) is 30.5 Å². The summed E-state index contributed by atoms with van der Waals surface area (Å²) < 4.78 is 5.94. The van der Waals surface area contributed by atoms with Gasteiger partial charge >= 0.3 is 5.95 Å². The van der Waals surface area contributed by atoms with Gasteiger partial charge in [-0.15, -0.1) is 15.2 Å². The molecular formula is C16H18N7O2S2+. The van der Waals surface area contributed by atoms with Crippen LogP contribution < -0.4 is 26.3 Å². The number of hydrogen-bond donors (Lipinski definition) is 4. The molecule has 0 spiro atoms. The Balaban J connectivity index is 1.70. The number of nitrogens with one attached hydrogen (secondary N) is 3. The van der Waals surface area contributed by atoms with Crippen LogP contribution in [0.15, 0.2) is 39.5 Å². The SMILES string of the molecule is COc1ccc(NC(N)=[NH+]c2nc(CSc3nnc(C)s3)cc(=O)[nH]2)cc1. The van der Waals surface area contributed by atoms with Crippen LogP contribution in [0.1, 0.15) is 10.7 Å². The van der Waals surface area contributed by atoms with Gasteiger partial charge in [-0.05, 0) is 31.2 Å². The molecule has 2 heterocycles. The molecule has 140 valence electrons. The van der Waals surface area contributed by atoms with E-state index >= 15 is 0 Å². The van der Waals surface area contributed by atoms with Crippen molar-refractivity contribution in [2.75, 3.05) is 12.4 Å². The predicted molar refractivity (Wildman–Crippen MR) is 105 cm³/mol. The molecule has 3 aromatic rings. The lowest BCUT2D eigenvalue weighted by Gasteiger charge is -2.03. The van der Waals surface area contributed by atoms with Gasteiger partial charge in [0, 0.05) is 6.07 Å². The van der Waals surface area contributed by atoms with Crippen molar-refractivity contribution in [3.05, 3.63) is 51.4 Å². The number of anilines is 1. The molecule has 0 aliphatic rings. The van der Waals surface area contributed by atoms with Crippen molar-refractivity contribution in [3.8, 4) is 5.75 Å². The zero-order valence-electron chi connectivity index (χ0n) is 14.6. The smallest absolute Gasteiger partial charge is 0.325 e. The van der Waals surface area contributed by atoms with Crippen LogP contribution in [0.2, 0.25) is 0 Å². The lowest BCUT2D eigenvalue weighted by atomic mass is 10.3. The van der Waals surface area contributed by atoms with Gasteiger partial charge in [0.05, 0.1) is 18.6 Å². The number of rotatable bonds is 6. The molecule has 0 saturated heterocycles. The molecule has 3 rings (SSSR count). The Labute approximate surface area is 163 Å². The lowest BCUT2D eigenvalue weighted by molar-refractivity contribution is -0.365. The molecule has 0 unspecified atom stereocenters. The van der Waals surface area contributed by atoms with Crippen LogP contribution >= 0.6 is 23.1 Å². The third kappa shape index (κ3) is 5.53. The zero-order valence-corrected chi connectivity index (χ0v) is 16.3. The van der Waals surface area contributed by atoms with Gasteiger partial charge in [0.15, 0.2) is 4.34 Å². The molecule has 11 heteroatoms. The lowest BCUT2D eigenvalue weighted by Crippen LogP contribution is -2.73. The van der Waals surface area contributed by atoms with Crippen molar-refractivity contribution in [1.29, 1.82) is 0 Å². The number of hydrogen-bond acceptors (Lipinski definition) is 7. The highest BCUT2D eigenvalue weighted by Gasteiger charge is 2.09. The summed E-state index contributed by atoms with van der Waals surface area (Å²) in [6, 6.07) is 8.70. The third-order valence-corrected chi connectivity index (χ3v) is 5.27. The van der Waals surface area contributed by atoms with Crippen molar-refractivity contribution >= 4 is 40.7 Å². The van der Waals surface area contributed by atoms with Gasteiger partial charge in [-0.2, -0.15) is 0 Å². The number of methoxy groups -OCH3 is 1. The number of aryl methyl sites for hydroxylation is 1. The summed E-state index contributed by atoms with van der Waals surface area (Å²) in [5.41, 5.74) is 7.06. The summed E-state index contributed by atoms with van der Waals surface area (Å²) in [5.74, 6) is 1.73. The molecular weight excluding hydrogens is 386 g/mol. The van der Waals surface area contributed by atoms with E-state index in [1.807, 2.05) is 31.2 Å². The van der Waals surface area contributed by atoms with E-state index in [9.17, 15) is 4.79 Å². The average molecular weight is 405 g/mol. The third-order valence-electron chi connectivity index (χ3n) is 3.27. The van der Waals surface area contributed by atoms with Crippen molar-refractivity contribution in [2.24, 2.45) is 5.73 Å². The van der Waals surface area contributed by atoms with E-state index in [0.717, 1.165) is 20.8 Å². The minimum absolute atomic E-state index is 0.230. The Morgan fingerprint density at radius 1 is 1.37 bits per heavy atom. The van der Waals surface area contributed by atoms with Gasteiger partial charge in [-0.1, -0.05) is 23.1 Å². The second-order valence-electron chi connectivity index (χ2n) is 5.35. The monoisotopic (exact) mass is 404 g/mol. The first-order valence-electron chi connectivity index (χ1n) is 7.85. The van der Waals surface area contributed by atoms with Crippen molar-refractivity contribution < 1.29 is 9.73 Å². The average Bonchev–Trinajstić information content (AvgIpc) is 3.05.